The number of thiocarbonyl (C=S) groups is 1. The maximum atomic E-state index is 13.0. The molecule has 4 rings (SSSR count). The fraction of sp³-hybridized carbons (Fsp3) is 0.385. The molecule has 2 atom stereocenters. The average Bonchev–Trinajstić information content (AvgIpc) is 3.37. The quantitative estimate of drug-likeness (QED) is 0.468. The van der Waals surface area contributed by atoms with Crippen LogP contribution in [0.3, 0.4) is 0 Å². The Morgan fingerprint density at radius 1 is 1.21 bits per heavy atom. The van der Waals surface area contributed by atoms with Crippen molar-refractivity contribution in [3.8, 4) is 11.5 Å². The van der Waals surface area contributed by atoms with Crippen LogP contribution in [-0.2, 0) is 11.3 Å². The van der Waals surface area contributed by atoms with E-state index in [4.69, 9.17) is 26.4 Å². The van der Waals surface area contributed by atoms with E-state index in [2.05, 4.69) is 29.4 Å². The number of H-pyrrole nitrogens is 1. The molecule has 2 N–H and O–H groups in total. The van der Waals surface area contributed by atoms with Crippen molar-refractivity contribution in [2.24, 2.45) is 0 Å². The fourth-order valence-corrected chi connectivity index (χ4v) is 4.57. The van der Waals surface area contributed by atoms with Crippen molar-refractivity contribution >= 4 is 28.2 Å². The third-order valence-corrected chi connectivity index (χ3v) is 6.54. The maximum absolute atomic E-state index is 13.0. The number of benzene rings is 2. The molecule has 2 heterocycles. The molecule has 0 radical (unpaired) electrons. The average molecular weight is 482 g/mol. The first-order valence-corrected chi connectivity index (χ1v) is 11.9. The Morgan fingerprint density at radius 2 is 1.94 bits per heavy atom. The number of methoxy groups -OCH3 is 2. The van der Waals surface area contributed by atoms with Crippen LogP contribution < -0.4 is 20.3 Å². The van der Waals surface area contributed by atoms with Crippen molar-refractivity contribution in [3.05, 3.63) is 70.0 Å². The number of ether oxygens (including phenoxy) is 3. The fourth-order valence-electron chi connectivity index (χ4n) is 4.26. The van der Waals surface area contributed by atoms with Crippen molar-refractivity contribution < 1.29 is 14.2 Å². The van der Waals surface area contributed by atoms with E-state index < -0.39 is 0 Å². The Bertz CT molecular complexity index is 1190. The first-order valence-electron chi connectivity index (χ1n) is 11.5. The molecule has 3 aromatic rings. The minimum absolute atomic E-state index is 0.0345. The second kappa shape index (κ2) is 10.9. The third-order valence-electron chi connectivity index (χ3n) is 6.16. The van der Waals surface area contributed by atoms with Crippen LogP contribution in [0.15, 0.2) is 53.3 Å². The number of pyridine rings is 1. The Kier molecular flexibility index (Phi) is 7.70. The van der Waals surface area contributed by atoms with Gasteiger partial charge in [0.25, 0.3) is 5.56 Å². The van der Waals surface area contributed by atoms with Gasteiger partial charge in [-0.2, -0.15) is 0 Å². The van der Waals surface area contributed by atoms with Gasteiger partial charge in [-0.25, -0.2) is 0 Å². The van der Waals surface area contributed by atoms with E-state index in [1.165, 1.54) is 0 Å². The van der Waals surface area contributed by atoms with Crippen LogP contribution in [0.1, 0.15) is 36.9 Å². The molecular weight excluding hydrogens is 450 g/mol. The minimum Gasteiger partial charge on any atom is -0.493 e. The van der Waals surface area contributed by atoms with Gasteiger partial charge in [-0.3, -0.25) is 4.79 Å². The van der Waals surface area contributed by atoms with Crippen LogP contribution in [-0.4, -0.2) is 48.5 Å². The van der Waals surface area contributed by atoms with Gasteiger partial charge in [-0.1, -0.05) is 30.3 Å². The summed E-state index contributed by atoms with van der Waals surface area (Å²) in [4.78, 5) is 18.0. The summed E-state index contributed by atoms with van der Waals surface area (Å²) >= 11 is 5.81. The monoisotopic (exact) mass is 481 g/mol. The molecule has 0 aliphatic carbocycles. The lowest BCUT2D eigenvalue weighted by Crippen LogP contribution is -2.44. The number of aromatic nitrogens is 1. The second-order valence-electron chi connectivity index (χ2n) is 8.52. The molecule has 1 saturated heterocycles. The van der Waals surface area contributed by atoms with Crippen LogP contribution in [0, 0.1) is 0 Å². The topological polar surface area (TPSA) is 75.8 Å². The van der Waals surface area contributed by atoms with Crippen molar-refractivity contribution in [2.45, 2.75) is 38.5 Å². The second-order valence-corrected chi connectivity index (χ2v) is 8.90. The number of aromatic amines is 1. The summed E-state index contributed by atoms with van der Waals surface area (Å²) in [7, 11) is 3.17. The number of rotatable bonds is 8. The Balaban J connectivity index is 1.60. The molecular formula is C26H31N3O4S. The summed E-state index contributed by atoms with van der Waals surface area (Å²) in [5, 5.41) is 4.89. The van der Waals surface area contributed by atoms with Gasteiger partial charge in [0.15, 0.2) is 16.6 Å². The van der Waals surface area contributed by atoms with Gasteiger partial charge in [0.2, 0.25) is 0 Å². The van der Waals surface area contributed by atoms with Gasteiger partial charge in [0.05, 0.1) is 38.4 Å². The number of hydrogen-bond donors (Lipinski definition) is 2. The zero-order valence-corrected chi connectivity index (χ0v) is 20.6. The molecule has 0 spiro atoms. The molecule has 2 aromatic carbocycles. The summed E-state index contributed by atoms with van der Waals surface area (Å²) in [5.74, 6) is 1.18. The predicted molar refractivity (Wildman–Crippen MR) is 138 cm³/mol. The number of hydrogen-bond acceptors (Lipinski definition) is 5. The third kappa shape index (κ3) is 5.51. The molecule has 1 aromatic heterocycles. The van der Waals surface area contributed by atoms with Gasteiger partial charge >= 0.3 is 0 Å². The van der Waals surface area contributed by atoms with Gasteiger partial charge in [-0.05, 0) is 49.7 Å². The van der Waals surface area contributed by atoms with Crippen molar-refractivity contribution in [3.63, 3.8) is 0 Å². The molecule has 1 aliphatic heterocycles. The smallest absolute Gasteiger partial charge is 0.253 e. The SMILES string of the molecule is COc1cc2cc(CN(C[C@@H]3CCCO3)C(=S)N[C@H](C)c3ccccc3)c(=O)[nH]c2cc1OC. The molecule has 0 bridgehead atoms. The summed E-state index contributed by atoms with van der Waals surface area (Å²) in [6, 6.07) is 15.7. The van der Waals surface area contributed by atoms with Gasteiger partial charge < -0.3 is 29.4 Å². The standard InChI is InChI=1S/C26H31N3O4S/c1-17(18-8-5-4-6-9-18)27-26(34)29(16-21-10-7-11-33-21)15-20-12-19-13-23(31-2)24(32-3)14-22(19)28-25(20)30/h4-6,8-9,12-14,17,21H,7,10-11,15-16H2,1-3H3,(H,27,34)(H,28,30)/t17-,21+/m1/s1. The molecule has 1 fully saturated rings. The van der Waals surface area contributed by atoms with Gasteiger partial charge in [0, 0.05) is 30.2 Å². The summed E-state index contributed by atoms with van der Waals surface area (Å²) in [6.45, 7) is 3.83. The summed E-state index contributed by atoms with van der Waals surface area (Å²) in [6.07, 6.45) is 2.12. The van der Waals surface area contributed by atoms with E-state index in [1.54, 1.807) is 20.3 Å². The molecule has 34 heavy (non-hydrogen) atoms. The van der Waals surface area contributed by atoms with Crippen molar-refractivity contribution in [2.75, 3.05) is 27.4 Å². The zero-order valence-electron chi connectivity index (χ0n) is 19.8. The number of fused-ring (bicyclic) bond motifs is 1. The zero-order chi connectivity index (χ0) is 24.1. The highest BCUT2D eigenvalue weighted by Crippen LogP contribution is 2.31. The van der Waals surface area contributed by atoms with E-state index in [9.17, 15) is 4.79 Å². The van der Waals surface area contributed by atoms with Gasteiger partial charge in [-0.15, -0.1) is 0 Å². The number of nitrogens with one attached hydrogen (secondary N) is 2. The Labute approximate surface area is 205 Å². The maximum Gasteiger partial charge on any atom is 0.253 e. The highest BCUT2D eigenvalue weighted by Gasteiger charge is 2.23. The number of nitrogens with zero attached hydrogens (tertiary/aromatic N) is 1. The van der Waals surface area contributed by atoms with E-state index in [-0.39, 0.29) is 17.7 Å². The van der Waals surface area contributed by atoms with Gasteiger partial charge in [0.1, 0.15) is 0 Å². The van der Waals surface area contributed by atoms with E-state index in [0.29, 0.717) is 40.8 Å². The van der Waals surface area contributed by atoms with E-state index in [1.807, 2.05) is 35.2 Å². The first kappa shape index (κ1) is 24.0. The summed E-state index contributed by atoms with van der Waals surface area (Å²) < 4.78 is 16.7. The lowest BCUT2D eigenvalue weighted by Gasteiger charge is -2.30. The molecule has 0 unspecified atom stereocenters. The molecule has 180 valence electrons. The normalized spacial score (nSPS) is 16.3. The molecule has 8 heteroatoms. The molecule has 0 saturated carbocycles. The Hall–Kier alpha value is -3.10. The molecule has 0 amide bonds. The lowest BCUT2D eigenvalue weighted by atomic mass is 10.1. The van der Waals surface area contributed by atoms with Crippen LogP contribution in [0.5, 0.6) is 11.5 Å². The van der Waals surface area contributed by atoms with E-state index >= 15 is 0 Å². The first-order chi connectivity index (χ1) is 16.5. The highest BCUT2D eigenvalue weighted by molar-refractivity contribution is 7.80. The largest absolute Gasteiger partial charge is 0.493 e. The van der Waals surface area contributed by atoms with E-state index in [0.717, 1.165) is 30.4 Å². The van der Waals surface area contributed by atoms with Crippen molar-refractivity contribution in [1.82, 2.24) is 15.2 Å². The molecule has 7 nitrogen and oxygen atoms in total. The lowest BCUT2D eigenvalue weighted by molar-refractivity contribution is 0.0895. The van der Waals surface area contributed by atoms with Crippen LogP contribution >= 0.6 is 12.2 Å². The highest BCUT2D eigenvalue weighted by atomic mass is 32.1. The summed E-state index contributed by atoms with van der Waals surface area (Å²) in [5.41, 5.74) is 2.30. The predicted octanol–water partition coefficient (Wildman–Crippen LogP) is 4.16. The van der Waals surface area contributed by atoms with Crippen LogP contribution in [0.4, 0.5) is 0 Å². The Morgan fingerprint density at radius 3 is 2.62 bits per heavy atom. The molecule has 1 aliphatic rings. The van der Waals surface area contributed by atoms with Crippen molar-refractivity contribution in [1.29, 1.82) is 0 Å². The van der Waals surface area contributed by atoms with Crippen LogP contribution in [0.25, 0.3) is 10.9 Å². The minimum atomic E-state index is -0.157. The van der Waals surface area contributed by atoms with Crippen LogP contribution in [0.2, 0.25) is 0 Å².